The van der Waals surface area contributed by atoms with E-state index in [1.54, 1.807) is 36.4 Å². The van der Waals surface area contributed by atoms with Crippen LogP contribution in [0.15, 0.2) is 96.6 Å². The molecular weight excluding hydrogens is 433 g/mol. The molecule has 1 N–H and O–H groups in total. The van der Waals surface area contributed by atoms with Gasteiger partial charge in [0, 0.05) is 11.3 Å². The molecule has 0 aromatic heterocycles. The summed E-state index contributed by atoms with van der Waals surface area (Å²) in [4.78, 5) is 27.9. The Balaban J connectivity index is 1.75. The maximum Gasteiger partial charge on any atom is 0.300 e. The Morgan fingerprint density at radius 1 is 0.882 bits per heavy atom. The first-order chi connectivity index (χ1) is 16.5. The number of aliphatic hydroxyl groups excluding tert-OH is 1. The van der Waals surface area contributed by atoms with Crippen molar-refractivity contribution >= 4 is 33.9 Å². The fourth-order valence-electron chi connectivity index (χ4n) is 4.38. The van der Waals surface area contributed by atoms with Crippen LogP contribution in [0, 0.1) is 5.82 Å². The van der Waals surface area contributed by atoms with Gasteiger partial charge in [-0.1, -0.05) is 54.6 Å². The van der Waals surface area contributed by atoms with E-state index < -0.39 is 23.5 Å². The van der Waals surface area contributed by atoms with Gasteiger partial charge in [0.1, 0.15) is 17.3 Å². The molecule has 1 atom stereocenters. The largest absolute Gasteiger partial charge is 0.507 e. The number of halogens is 1. The van der Waals surface area contributed by atoms with Crippen molar-refractivity contribution in [3.05, 3.63) is 114 Å². The number of ketones is 1. The smallest absolute Gasteiger partial charge is 0.300 e. The second kappa shape index (κ2) is 8.48. The topological polar surface area (TPSA) is 66.8 Å². The first-order valence-corrected chi connectivity index (χ1v) is 10.7. The van der Waals surface area contributed by atoms with E-state index >= 15 is 0 Å². The maximum atomic E-state index is 13.7. The van der Waals surface area contributed by atoms with E-state index in [1.165, 1.54) is 36.3 Å². The summed E-state index contributed by atoms with van der Waals surface area (Å²) in [6.07, 6.45) is 0. The van der Waals surface area contributed by atoms with E-state index in [0.717, 1.165) is 10.8 Å². The summed E-state index contributed by atoms with van der Waals surface area (Å²) in [5, 5.41) is 13.1. The van der Waals surface area contributed by atoms with Crippen LogP contribution in [-0.2, 0) is 9.59 Å². The highest BCUT2D eigenvalue weighted by Gasteiger charge is 2.47. The number of carbonyl (C=O) groups excluding carboxylic acids is 2. The molecule has 34 heavy (non-hydrogen) atoms. The SMILES string of the molecule is COc1ccc(N2C(=O)C(=O)/C(=C(\O)c3cccc4ccccc34)C2c2ccc(F)cc2)cc1. The van der Waals surface area contributed by atoms with Crippen molar-refractivity contribution in [2.75, 3.05) is 12.0 Å². The molecule has 0 radical (unpaired) electrons. The summed E-state index contributed by atoms with van der Waals surface area (Å²) in [5.41, 5.74) is 1.34. The summed E-state index contributed by atoms with van der Waals surface area (Å²) in [5.74, 6) is -1.72. The van der Waals surface area contributed by atoms with Crippen molar-refractivity contribution in [3.8, 4) is 5.75 Å². The molecule has 1 unspecified atom stereocenters. The zero-order valence-corrected chi connectivity index (χ0v) is 18.2. The third-order valence-corrected chi connectivity index (χ3v) is 6.03. The highest BCUT2D eigenvalue weighted by Crippen LogP contribution is 2.43. The highest BCUT2D eigenvalue weighted by molar-refractivity contribution is 6.51. The van der Waals surface area contributed by atoms with E-state index in [1.807, 2.05) is 30.3 Å². The van der Waals surface area contributed by atoms with Crippen molar-refractivity contribution in [2.45, 2.75) is 6.04 Å². The number of methoxy groups -OCH3 is 1. The standard InChI is InChI=1S/C28H20FNO4/c1-34-21-15-13-20(14-16-21)30-25(18-9-11-19(29)12-10-18)24(27(32)28(30)33)26(31)23-8-4-6-17-5-2-3-7-22(17)23/h2-16,25,31H,1H3/b26-24-. The van der Waals surface area contributed by atoms with Gasteiger partial charge in [0.15, 0.2) is 0 Å². The Bertz CT molecular complexity index is 1440. The molecule has 1 amide bonds. The Labute approximate surface area is 195 Å². The number of aliphatic hydroxyl groups is 1. The number of nitrogens with zero attached hydrogens (tertiary/aromatic N) is 1. The van der Waals surface area contributed by atoms with Gasteiger partial charge < -0.3 is 9.84 Å². The van der Waals surface area contributed by atoms with Gasteiger partial charge in [0.05, 0.1) is 18.7 Å². The van der Waals surface area contributed by atoms with Gasteiger partial charge in [-0.2, -0.15) is 0 Å². The summed E-state index contributed by atoms with van der Waals surface area (Å²) in [6, 6.07) is 24.2. The van der Waals surface area contributed by atoms with Crippen molar-refractivity contribution in [1.29, 1.82) is 0 Å². The molecule has 0 spiro atoms. The first-order valence-electron chi connectivity index (χ1n) is 10.7. The van der Waals surface area contributed by atoms with Crippen LogP contribution in [0.5, 0.6) is 5.75 Å². The van der Waals surface area contributed by atoms with E-state index in [0.29, 0.717) is 22.6 Å². The third-order valence-electron chi connectivity index (χ3n) is 6.03. The van der Waals surface area contributed by atoms with E-state index in [9.17, 15) is 19.1 Å². The monoisotopic (exact) mass is 453 g/mol. The molecule has 0 saturated carbocycles. The molecule has 1 heterocycles. The molecule has 1 aliphatic heterocycles. The lowest BCUT2D eigenvalue weighted by atomic mass is 9.93. The second-order valence-corrected chi connectivity index (χ2v) is 7.95. The van der Waals surface area contributed by atoms with Crippen molar-refractivity contribution in [1.82, 2.24) is 0 Å². The molecule has 0 aliphatic carbocycles. The van der Waals surface area contributed by atoms with Crippen LogP contribution in [0.3, 0.4) is 0 Å². The number of rotatable bonds is 4. The molecule has 6 heteroatoms. The van der Waals surface area contributed by atoms with Gasteiger partial charge in [-0.05, 0) is 52.7 Å². The second-order valence-electron chi connectivity index (χ2n) is 7.95. The van der Waals surface area contributed by atoms with Crippen LogP contribution in [0.25, 0.3) is 16.5 Å². The van der Waals surface area contributed by atoms with Gasteiger partial charge in [-0.3, -0.25) is 14.5 Å². The zero-order valence-electron chi connectivity index (χ0n) is 18.2. The average molecular weight is 453 g/mol. The Hall–Kier alpha value is -4.45. The van der Waals surface area contributed by atoms with Crippen LogP contribution < -0.4 is 9.64 Å². The van der Waals surface area contributed by atoms with E-state index in [4.69, 9.17) is 4.74 Å². The van der Waals surface area contributed by atoms with Crippen LogP contribution in [0.2, 0.25) is 0 Å². The quantitative estimate of drug-likeness (QED) is 0.248. The molecular formula is C28H20FNO4. The minimum atomic E-state index is -0.937. The molecule has 168 valence electrons. The van der Waals surface area contributed by atoms with Gasteiger partial charge in [0.2, 0.25) is 0 Å². The van der Waals surface area contributed by atoms with Gasteiger partial charge >= 0.3 is 0 Å². The lowest BCUT2D eigenvalue weighted by molar-refractivity contribution is -0.132. The zero-order chi connectivity index (χ0) is 23.8. The highest BCUT2D eigenvalue weighted by atomic mass is 19.1. The van der Waals surface area contributed by atoms with Crippen molar-refractivity contribution in [3.63, 3.8) is 0 Å². The number of amides is 1. The molecule has 5 rings (SSSR count). The van der Waals surface area contributed by atoms with E-state index in [2.05, 4.69) is 0 Å². The number of carbonyl (C=O) groups is 2. The van der Waals surface area contributed by atoms with Crippen LogP contribution in [-0.4, -0.2) is 23.9 Å². The summed E-state index contributed by atoms with van der Waals surface area (Å²) in [7, 11) is 1.53. The number of hydrogen-bond donors (Lipinski definition) is 1. The predicted molar refractivity (Wildman–Crippen MR) is 128 cm³/mol. The molecule has 4 aromatic rings. The predicted octanol–water partition coefficient (Wildman–Crippen LogP) is 5.61. The first kappa shape index (κ1) is 21.4. The summed E-state index contributed by atoms with van der Waals surface area (Å²) < 4.78 is 18.9. The van der Waals surface area contributed by atoms with Gasteiger partial charge in [-0.25, -0.2) is 4.39 Å². The third kappa shape index (κ3) is 3.49. The minimum absolute atomic E-state index is 0.0521. The molecule has 1 fully saturated rings. The van der Waals surface area contributed by atoms with Crippen LogP contribution in [0.4, 0.5) is 10.1 Å². The van der Waals surface area contributed by atoms with Crippen LogP contribution >= 0.6 is 0 Å². The summed E-state index contributed by atoms with van der Waals surface area (Å²) >= 11 is 0. The van der Waals surface area contributed by atoms with Crippen LogP contribution in [0.1, 0.15) is 17.2 Å². The normalized spacial score (nSPS) is 17.4. The fourth-order valence-corrected chi connectivity index (χ4v) is 4.38. The fraction of sp³-hybridized carbons (Fsp3) is 0.0714. The van der Waals surface area contributed by atoms with Gasteiger partial charge in [0.25, 0.3) is 11.7 Å². The van der Waals surface area contributed by atoms with E-state index in [-0.39, 0.29) is 11.3 Å². The Morgan fingerprint density at radius 3 is 2.26 bits per heavy atom. The number of Topliss-reactive ketones (excluding diaryl/α,β-unsaturated/α-hetero) is 1. The molecule has 1 saturated heterocycles. The lowest BCUT2D eigenvalue weighted by Crippen LogP contribution is -2.29. The van der Waals surface area contributed by atoms with Gasteiger partial charge in [-0.15, -0.1) is 0 Å². The summed E-state index contributed by atoms with van der Waals surface area (Å²) in [6.45, 7) is 0. The number of anilines is 1. The molecule has 1 aliphatic rings. The Kier molecular flexibility index (Phi) is 5.34. The maximum absolute atomic E-state index is 13.7. The minimum Gasteiger partial charge on any atom is -0.507 e. The Morgan fingerprint density at radius 2 is 1.56 bits per heavy atom. The number of fused-ring (bicyclic) bond motifs is 1. The number of benzene rings is 4. The number of ether oxygens (including phenoxy) is 1. The molecule has 5 nitrogen and oxygen atoms in total. The average Bonchev–Trinajstić information content (AvgIpc) is 3.14. The number of hydrogen-bond acceptors (Lipinski definition) is 4. The van der Waals surface area contributed by atoms with Crippen molar-refractivity contribution in [2.24, 2.45) is 0 Å². The lowest BCUT2D eigenvalue weighted by Gasteiger charge is -2.25. The van der Waals surface area contributed by atoms with Crippen molar-refractivity contribution < 1.29 is 23.8 Å². The molecule has 4 aromatic carbocycles. The molecule has 0 bridgehead atoms.